The standard InChI is InChI=1S/C18H30FNS/c1-4-7-8-15(5-2)13-17(20-6-3)14-21-18-11-9-16(19)10-12-18/h9-12,15,17,20H,4-8,13-14H2,1-3H3. The topological polar surface area (TPSA) is 12.0 Å². The summed E-state index contributed by atoms with van der Waals surface area (Å²) in [5.74, 6) is 1.72. The van der Waals surface area contributed by atoms with Crippen molar-refractivity contribution in [1.82, 2.24) is 5.32 Å². The maximum Gasteiger partial charge on any atom is 0.123 e. The Hall–Kier alpha value is -0.540. The number of unbranched alkanes of at least 4 members (excludes halogenated alkanes) is 1. The summed E-state index contributed by atoms with van der Waals surface area (Å²) in [5, 5.41) is 3.61. The molecule has 0 aliphatic rings. The van der Waals surface area contributed by atoms with E-state index in [9.17, 15) is 4.39 Å². The highest BCUT2D eigenvalue weighted by Gasteiger charge is 2.14. The first kappa shape index (κ1) is 18.5. The first-order valence-corrected chi connectivity index (χ1v) is 9.29. The molecule has 0 saturated heterocycles. The number of hydrogen-bond acceptors (Lipinski definition) is 2. The van der Waals surface area contributed by atoms with E-state index in [2.05, 4.69) is 26.1 Å². The van der Waals surface area contributed by atoms with Gasteiger partial charge >= 0.3 is 0 Å². The van der Waals surface area contributed by atoms with Gasteiger partial charge in [0.1, 0.15) is 5.82 Å². The fraction of sp³-hybridized carbons (Fsp3) is 0.667. The molecule has 2 atom stereocenters. The molecule has 3 heteroatoms. The minimum absolute atomic E-state index is 0.159. The molecule has 21 heavy (non-hydrogen) atoms. The second-order valence-electron chi connectivity index (χ2n) is 5.67. The maximum atomic E-state index is 12.9. The average molecular weight is 312 g/mol. The Morgan fingerprint density at radius 2 is 1.86 bits per heavy atom. The number of thioether (sulfide) groups is 1. The molecule has 0 heterocycles. The lowest BCUT2D eigenvalue weighted by Gasteiger charge is -2.23. The molecule has 0 fully saturated rings. The van der Waals surface area contributed by atoms with E-state index in [0.717, 1.165) is 23.1 Å². The quantitative estimate of drug-likeness (QED) is 0.541. The molecule has 0 saturated carbocycles. The van der Waals surface area contributed by atoms with Gasteiger partial charge in [-0.05, 0) is 43.1 Å². The monoisotopic (exact) mass is 311 g/mol. The zero-order valence-electron chi connectivity index (χ0n) is 13.7. The van der Waals surface area contributed by atoms with Crippen molar-refractivity contribution in [3.8, 4) is 0 Å². The number of benzene rings is 1. The first-order chi connectivity index (χ1) is 10.2. The lowest BCUT2D eigenvalue weighted by atomic mass is 9.92. The molecule has 0 bridgehead atoms. The molecule has 0 amide bonds. The van der Waals surface area contributed by atoms with E-state index in [0.29, 0.717) is 6.04 Å². The van der Waals surface area contributed by atoms with Gasteiger partial charge in [0.15, 0.2) is 0 Å². The van der Waals surface area contributed by atoms with Crippen LogP contribution in [0.3, 0.4) is 0 Å². The Labute approximate surface area is 134 Å². The molecule has 2 unspecified atom stereocenters. The lowest BCUT2D eigenvalue weighted by Crippen LogP contribution is -2.33. The summed E-state index contributed by atoms with van der Waals surface area (Å²) in [6.07, 6.45) is 6.48. The van der Waals surface area contributed by atoms with Crippen molar-refractivity contribution in [2.45, 2.75) is 63.8 Å². The minimum Gasteiger partial charge on any atom is -0.313 e. The number of halogens is 1. The third kappa shape index (κ3) is 7.87. The van der Waals surface area contributed by atoms with Crippen LogP contribution in [0.15, 0.2) is 29.2 Å². The number of rotatable bonds is 11. The van der Waals surface area contributed by atoms with Gasteiger partial charge in [0, 0.05) is 16.7 Å². The van der Waals surface area contributed by atoms with Gasteiger partial charge in [0.25, 0.3) is 0 Å². The predicted octanol–water partition coefficient (Wildman–Crippen LogP) is 5.50. The van der Waals surface area contributed by atoms with Crippen LogP contribution in [0.25, 0.3) is 0 Å². The van der Waals surface area contributed by atoms with Gasteiger partial charge < -0.3 is 5.32 Å². The molecule has 0 aromatic heterocycles. The van der Waals surface area contributed by atoms with Gasteiger partial charge in [0.05, 0.1) is 0 Å². The normalized spacial score (nSPS) is 14.1. The van der Waals surface area contributed by atoms with Crippen LogP contribution in [0.4, 0.5) is 4.39 Å². The van der Waals surface area contributed by atoms with Gasteiger partial charge in [-0.2, -0.15) is 0 Å². The summed E-state index contributed by atoms with van der Waals surface area (Å²) in [4.78, 5) is 1.15. The van der Waals surface area contributed by atoms with Crippen molar-refractivity contribution >= 4 is 11.8 Å². The van der Waals surface area contributed by atoms with Gasteiger partial charge in [-0.15, -0.1) is 11.8 Å². The Morgan fingerprint density at radius 1 is 1.14 bits per heavy atom. The molecule has 1 rings (SSSR count). The van der Waals surface area contributed by atoms with Crippen LogP contribution in [0.5, 0.6) is 0 Å². The smallest absolute Gasteiger partial charge is 0.123 e. The van der Waals surface area contributed by atoms with Crippen molar-refractivity contribution in [3.05, 3.63) is 30.1 Å². The molecule has 1 nitrogen and oxygen atoms in total. The summed E-state index contributed by atoms with van der Waals surface area (Å²) in [6, 6.07) is 7.38. The van der Waals surface area contributed by atoms with Crippen LogP contribution in [0.2, 0.25) is 0 Å². The molecule has 1 N–H and O–H groups in total. The minimum atomic E-state index is -0.159. The van der Waals surface area contributed by atoms with Gasteiger partial charge in [-0.3, -0.25) is 0 Å². The highest BCUT2D eigenvalue weighted by molar-refractivity contribution is 7.99. The van der Waals surface area contributed by atoms with Crippen molar-refractivity contribution in [2.75, 3.05) is 12.3 Å². The lowest BCUT2D eigenvalue weighted by molar-refractivity contribution is 0.368. The van der Waals surface area contributed by atoms with E-state index in [1.165, 1.54) is 32.1 Å². The van der Waals surface area contributed by atoms with Gasteiger partial charge in [-0.25, -0.2) is 4.39 Å². The van der Waals surface area contributed by atoms with Crippen LogP contribution < -0.4 is 5.32 Å². The second-order valence-corrected chi connectivity index (χ2v) is 6.77. The van der Waals surface area contributed by atoms with E-state index in [1.54, 1.807) is 12.1 Å². The predicted molar refractivity (Wildman–Crippen MR) is 92.5 cm³/mol. The molecule has 120 valence electrons. The zero-order chi connectivity index (χ0) is 15.5. The molecule has 1 aromatic rings. The third-order valence-electron chi connectivity index (χ3n) is 3.92. The molecular formula is C18H30FNS. The third-order valence-corrected chi connectivity index (χ3v) is 5.09. The second kappa shape index (κ2) is 11.1. The largest absolute Gasteiger partial charge is 0.313 e. The van der Waals surface area contributed by atoms with Crippen molar-refractivity contribution < 1.29 is 4.39 Å². The van der Waals surface area contributed by atoms with Crippen LogP contribution in [0, 0.1) is 11.7 Å². The number of nitrogens with one attached hydrogen (secondary N) is 1. The van der Waals surface area contributed by atoms with Gasteiger partial charge in [-0.1, -0.05) is 46.5 Å². The van der Waals surface area contributed by atoms with Gasteiger partial charge in [0.2, 0.25) is 0 Å². The summed E-state index contributed by atoms with van der Waals surface area (Å²) in [5.41, 5.74) is 0. The summed E-state index contributed by atoms with van der Waals surface area (Å²) in [7, 11) is 0. The van der Waals surface area contributed by atoms with E-state index >= 15 is 0 Å². The Morgan fingerprint density at radius 3 is 2.43 bits per heavy atom. The SMILES string of the molecule is CCCCC(CC)CC(CSc1ccc(F)cc1)NCC. The van der Waals surface area contributed by atoms with Crippen LogP contribution in [-0.4, -0.2) is 18.3 Å². The molecule has 0 aliphatic carbocycles. The molecule has 0 spiro atoms. The van der Waals surface area contributed by atoms with E-state index in [4.69, 9.17) is 0 Å². The average Bonchev–Trinajstić information content (AvgIpc) is 2.50. The fourth-order valence-corrected chi connectivity index (χ4v) is 3.59. The maximum absolute atomic E-state index is 12.9. The van der Waals surface area contributed by atoms with Crippen molar-refractivity contribution in [1.29, 1.82) is 0 Å². The van der Waals surface area contributed by atoms with E-state index in [-0.39, 0.29) is 5.82 Å². The Balaban J connectivity index is 2.45. The van der Waals surface area contributed by atoms with Crippen LogP contribution in [0.1, 0.15) is 52.9 Å². The fourth-order valence-electron chi connectivity index (χ4n) is 2.61. The van der Waals surface area contributed by atoms with E-state index in [1.807, 2.05) is 23.9 Å². The summed E-state index contributed by atoms with van der Waals surface area (Å²) >= 11 is 1.82. The van der Waals surface area contributed by atoms with Crippen LogP contribution >= 0.6 is 11.8 Å². The molecular weight excluding hydrogens is 281 g/mol. The molecule has 0 aliphatic heterocycles. The highest BCUT2D eigenvalue weighted by Crippen LogP contribution is 2.24. The van der Waals surface area contributed by atoms with Crippen molar-refractivity contribution in [3.63, 3.8) is 0 Å². The summed E-state index contributed by atoms with van der Waals surface area (Å²) < 4.78 is 12.9. The Bertz CT molecular complexity index is 366. The first-order valence-electron chi connectivity index (χ1n) is 8.31. The molecule has 0 radical (unpaired) electrons. The zero-order valence-corrected chi connectivity index (χ0v) is 14.5. The van der Waals surface area contributed by atoms with E-state index < -0.39 is 0 Å². The summed E-state index contributed by atoms with van der Waals surface area (Å²) in [6.45, 7) is 7.75. The molecule has 1 aromatic carbocycles. The van der Waals surface area contributed by atoms with Crippen molar-refractivity contribution in [2.24, 2.45) is 5.92 Å². The Kier molecular flexibility index (Phi) is 9.77. The number of hydrogen-bond donors (Lipinski definition) is 1. The van der Waals surface area contributed by atoms with Crippen LogP contribution in [-0.2, 0) is 0 Å². The highest BCUT2D eigenvalue weighted by atomic mass is 32.2.